The van der Waals surface area contributed by atoms with Crippen LogP contribution in [0.4, 0.5) is 5.69 Å². The van der Waals surface area contributed by atoms with Crippen LogP contribution < -0.4 is 10.1 Å². The van der Waals surface area contributed by atoms with E-state index in [0.717, 1.165) is 16.9 Å². The Kier molecular flexibility index (Phi) is 5.59. The van der Waals surface area contributed by atoms with Gasteiger partial charge >= 0.3 is 0 Å². The number of benzene rings is 3. The molecule has 0 fully saturated rings. The summed E-state index contributed by atoms with van der Waals surface area (Å²) in [6.45, 7) is 0.494. The van der Waals surface area contributed by atoms with Crippen LogP contribution in [-0.2, 0) is 6.61 Å². The van der Waals surface area contributed by atoms with Crippen LogP contribution in [-0.4, -0.2) is 16.1 Å². The zero-order valence-electron chi connectivity index (χ0n) is 15.4. The molecule has 0 bridgehead atoms. The first-order valence-corrected chi connectivity index (χ1v) is 9.45. The van der Waals surface area contributed by atoms with E-state index in [9.17, 15) is 4.79 Å². The van der Waals surface area contributed by atoms with Gasteiger partial charge in [-0.2, -0.15) is 5.10 Å². The molecule has 6 heteroatoms. The lowest BCUT2D eigenvalue weighted by atomic mass is 10.1. The Morgan fingerprint density at radius 2 is 1.69 bits per heavy atom. The highest BCUT2D eigenvalue weighted by Crippen LogP contribution is 2.21. The second kappa shape index (κ2) is 8.63. The highest BCUT2D eigenvalue weighted by molar-refractivity contribution is 6.30. The number of nitrogens with zero attached hydrogens (tertiary/aromatic N) is 1. The fourth-order valence-electron chi connectivity index (χ4n) is 2.78. The van der Waals surface area contributed by atoms with Gasteiger partial charge in [-0.15, -0.1) is 0 Å². The molecule has 2 N–H and O–H groups in total. The molecule has 0 saturated carbocycles. The first kappa shape index (κ1) is 18.8. The van der Waals surface area contributed by atoms with E-state index in [4.69, 9.17) is 16.3 Å². The summed E-state index contributed by atoms with van der Waals surface area (Å²) in [6, 6.07) is 26.2. The predicted molar refractivity (Wildman–Crippen MR) is 114 cm³/mol. The third-order valence-corrected chi connectivity index (χ3v) is 4.57. The Labute approximate surface area is 173 Å². The number of rotatable bonds is 6. The summed E-state index contributed by atoms with van der Waals surface area (Å²) in [4.78, 5) is 12.5. The number of nitrogens with one attached hydrogen (secondary N) is 2. The first-order chi connectivity index (χ1) is 14.2. The van der Waals surface area contributed by atoms with Crippen molar-refractivity contribution in [3.63, 3.8) is 0 Å². The molecule has 1 heterocycles. The molecule has 1 aromatic heterocycles. The average molecular weight is 404 g/mol. The molecule has 0 atom stereocenters. The van der Waals surface area contributed by atoms with Gasteiger partial charge in [-0.3, -0.25) is 9.89 Å². The van der Waals surface area contributed by atoms with Crippen LogP contribution in [0.2, 0.25) is 5.02 Å². The first-order valence-electron chi connectivity index (χ1n) is 9.07. The van der Waals surface area contributed by atoms with Gasteiger partial charge in [0.25, 0.3) is 5.91 Å². The zero-order valence-corrected chi connectivity index (χ0v) is 16.2. The van der Waals surface area contributed by atoms with Gasteiger partial charge in [0.1, 0.15) is 18.1 Å². The number of aromatic amines is 1. The lowest BCUT2D eigenvalue weighted by Gasteiger charge is -2.08. The third-order valence-electron chi connectivity index (χ3n) is 4.32. The lowest BCUT2D eigenvalue weighted by molar-refractivity contribution is 0.102. The number of carbonyl (C=O) groups excluding carboxylic acids is 1. The summed E-state index contributed by atoms with van der Waals surface area (Å²) in [5, 5.41) is 10.5. The molecule has 0 saturated heterocycles. The highest BCUT2D eigenvalue weighted by atomic mass is 35.5. The monoisotopic (exact) mass is 403 g/mol. The van der Waals surface area contributed by atoms with Gasteiger partial charge < -0.3 is 10.1 Å². The Morgan fingerprint density at radius 3 is 2.41 bits per heavy atom. The van der Waals surface area contributed by atoms with E-state index in [0.29, 0.717) is 28.7 Å². The van der Waals surface area contributed by atoms with Crippen molar-refractivity contribution in [2.24, 2.45) is 0 Å². The minimum absolute atomic E-state index is 0.268. The predicted octanol–water partition coefficient (Wildman–Crippen LogP) is 5.56. The normalized spacial score (nSPS) is 10.5. The Hall–Kier alpha value is -3.57. The Balaban J connectivity index is 1.36. The van der Waals surface area contributed by atoms with Gasteiger partial charge in [-0.05, 0) is 48.0 Å². The number of carbonyl (C=O) groups is 1. The number of amides is 1. The van der Waals surface area contributed by atoms with Crippen molar-refractivity contribution in [2.45, 2.75) is 6.61 Å². The van der Waals surface area contributed by atoms with Crippen molar-refractivity contribution in [3.05, 3.63) is 101 Å². The molecular formula is C23H18ClN3O2. The lowest BCUT2D eigenvalue weighted by Crippen LogP contribution is -2.12. The quantitative estimate of drug-likeness (QED) is 0.442. The van der Waals surface area contributed by atoms with E-state index in [1.165, 1.54) is 0 Å². The number of aromatic nitrogens is 2. The molecule has 0 aliphatic carbocycles. The van der Waals surface area contributed by atoms with E-state index in [2.05, 4.69) is 15.5 Å². The van der Waals surface area contributed by atoms with Crippen LogP contribution >= 0.6 is 11.6 Å². The van der Waals surface area contributed by atoms with Gasteiger partial charge in [-0.25, -0.2) is 0 Å². The summed E-state index contributed by atoms with van der Waals surface area (Å²) < 4.78 is 5.76. The molecule has 144 valence electrons. The number of hydrogen-bond acceptors (Lipinski definition) is 3. The minimum Gasteiger partial charge on any atom is -0.489 e. The van der Waals surface area contributed by atoms with E-state index in [1.807, 2.05) is 54.6 Å². The van der Waals surface area contributed by atoms with Crippen molar-refractivity contribution in [1.82, 2.24) is 10.2 Å². The van der Waals surface area contributed by atoms with Gasteiger partial charge in [0.05, 0.1) is 5.69 Å². The summed E-state index contributed by atoms with van der Waals surface area (Å²) in [5.74, 6) is 0.467. The molecule has 4 rings (SSSR count). The maximum absolute atomic E-state index is 12.5. The number of anilines is 1. The molecule has 4 aromatic rings. The average Bonchev–Trinajstić information content (AvgIpc) is 3.25. The molecule has 3 aromatic carbocycles. The van der Waals surface area contributed by atoms with Crippen LogP contribution in [0, 0.1) is 0 Å². The molecule has 0 aliphatic heterocycles. The van der Waals surface area contributed by atoms with Gasteiger partial charge in [-0.1, -0.05) is 54.1 Å². The molecule has 5 nitrogen and oxygen atoms in total. The summed E-state index contributed by atoms with van der Waals surface area (Å²) in [5.41, 5.74) is 3.70. The fourth-order valence-corrected chi connectivity index (χ4v) is 2.91. The van der Waals surface area contributed by atoms with Gasteiger partial charge in [0.15, 0.2) is 0 Å². The summed E-state index contributed by atoms with van der Waals surface area (Å²) >= 11 is 5.91. The maximum atomic E-state index is 12.5. The van der Waals surface area contributed by atoms with Crippen LogP contribution in [0.3, 0.4) is 0 Å². The number of H-pyrrole nitrogens is 1. The summed E-state index contributed by atoms with van der Waals surface area (Å²) in [6.07, 6.45) is 0. The van der Waals surface area contributed by atoms with E-state index in [-0.39, 0.29) is 5.91 Å². The highest BCUT2D eigenvalue weighted by Gasteiger charge is 2.11. The van der Waals surface area contributed by atoms with Crippen molar-refractivity contribution in [2.75, 3.05) is 5.32 Å². The van der Waals surface area contributed by atoms with Crippen molar-refractivity contribution < 1.29 is 9.53 Å². The molecule has 0 unspecified atom stereocenters. The second-order valence-corrected chi connectivity index (χ2v) is 6.86. The largest absolute Gasteiger partial charge is 0.489 e. The van der Waals surface area contributed by atoms with Crippen molar-refractivity contribution in [1.29, 1.82) is 0 Å². The van der Waals surface area contributed by atoms with Crippen LogP contribution in [0.1, 0.15) is 16.1 Å². The smallest absolute Gasteiger partial charge is 0.273 e. The van der Waals surface area contributed by atoms with Crippen LogP contribution in [0.5, 0.6) is 5.75 Å². The van der Waals surface area contributed by atoms with E-state index in [1.54, 1.807) is 30.3 Å². The van der Waals surface area contributed by atoms with Crippen LogP contribution in [0.15, 0.2) is 84.9 Å². The minimum atomic E-state index is -0.268. The number of ether oxygens (including phenoxy) is 1. The maximum Gasteiger partial charge on any atom is 0.273 e. The van der Waals surface area contributed by atoms with Crippen molar-refractivity contribution >= 4 is 23.2 Å². The number of halogens is 1. The fraction of sp³-hybridized carbons (Fsp3) is 0.0435. The van der Waals surface area contributed by atoms with Crippen LogP contribution in [0.25, 0.3) is 11.3 Å². The Morgan fingerprint density at radius 1 is 0.966 bits per heavy atom. The standard InChI is InChI=1S/C23H18ClN3O2/c24-18-8-6-17(7-9-18)21-14-22(27-26-21)23(28)25-19-10-12-20(13-11-19)29-15-16-4-2-1-3-5-16/h1-14H,15H2,(H,25,28)(H,26,27). The SMILES string of the molecule is O=C(Nc1ccc(OCc2ccccc2)cc1)c1cc(-c2ccc(Cl)cc2)n[nH]1. The molecule has 0 radical (unpaired) electrons. The third kappa shape index (κ3) is 4.83. The number of hydrogen-bond donors (Lipinski definition) is 2. The zero-order chi connectivity index (χ0) is 20.1. The van der Waals surface area contributed by atoms with E-state index < -0.39 is 0 Å². The van der Waals surface area contributed by atoms with Gasteiger partial charge in [0.2, 0.25) is 0 Å². The molecule has 29 heavy (non-hydrogen) atoms. The second-order valence-electron chi connectivity index (χ2n) is 6.43. The molecular weight excluding hydrogens is 386 g/mol. The molecule has 1 amide bonds. The molecule has 0 spiro atoms. The topological polar surface area (TPSA) is 67.0 Å². The van der Waals surface area contributed by atoms with E-state index >= 15 is 0 Å². The molecule has 0 aliphatic rings. The van der Waals surface area contributed by atoms with Crippen molar-refractivity contribution in [3.8, 4) is 17.0 Å². The summed E-state index contributed by atoms with van der Waals surface area (Å²) in [7, 11) is 0. The van der Waals surface area contributed by atoms with Gasteiger partial charge in [0, 0.05) is 16.3 Å². The Bertz CT molecular complexity index is 1090.